The van der Waals surface area contributed by atoms with Crippen LogP contribution in [0.15, 0.2) is 11.0 Å². The van der Waals surface area contributed by atoms with Crippen LogP contribution in [0.4, 0.5) is 15.0 Å². The number of nitrogens with one attached hydrogen (secondary N) is 2. The molecule has 0 radical (unpaired) electrons. The van der Waals surface area contributed by atoms with E-state index in [1.807, 2.05) is 6.92 Å². The van der Waals surface area contributed by atoms with Gasteiger partial charge in [-0.25, -0.2) is 19.6 Å². The summed E-state index contributed by atoms with van der Waals surface area (Å²) in [6, 6.07) is -0.714. The fraction of sp³-hybridized carbons (Fsp3) is 0.600. The van der Waals surface area contributed by atoms with Gasteiger partial charge in [-0.1, -0.05) is 19.8 Å². The van der Waals surface area contributed by atoms with Crippen molar-refractivity contribution in [2.45, 2.75) is 52.0 Å². The zero-order chi connectivity index (χ0) is 18.8. The number of hydroxylamine groups is 1. The molecule has 0 atom stereocenters. The van der Waals surface area contributed by atoms with Crippen molar-refractivity contribution in [1.82, 2.24) is 15.4 Å². The molecule has 0 fully saturated rings. The Morgan fingerprint density at radius 2 is 2.00 bits per heavy atom. The molecule has 0 spiro atoms. The van der Waals surface area contributed by atoms with Gasteiger partial charge in [-0.2, -0.15) is 4.39 Å². The molecule has 140 valence electrons. The Labute approximate surface area is 144 Å². The molecule has 25 heavy (non-hydrogen) atoms. The van der Waals surface area contributed by atoms with Crippen molar-refractivity contribution >= 4 is 17.8 Å². The number of carbonyl (C=O) groups is 2. The highest BCUT2D eigenvalue weighted by atomic mass is 19.1. The molecule has 2 amide bonds. The van der Waals surface area contributed by atoms with Gasteiger partial charge in [0.2, 0.25) is 17.5 Å². The summed E-state index contributed by atoms with van der Waals surface area (Å²) >= 11 is 0. The molecule has 1 aromatic rings. The van der Waals surface area contributed by atoms with Gasteiger partial charge in [-0.3, -0.25) is 15.3 Å². The van der Waals surface area contributed by atoms with Gasteiger partial charge in [0, 0.05) is 6.42 Å². The number of amides is 2. The average Bonchev–Trinajstić information content (AvgIpc) is 2.60. The van der Waals surface area contributed by atoms with Crippen LogP contribution in [0, 0.1) is 5.82 Å². The minimum Gasteiger partial charge on any atom is -0.370 e. The van der Waals surface area contributed by atoms with Crippen molar-refractivity contribution in [2.24, 2.45) is 0 Å². The topological polar surface area (TPSA) is 130 Å². The lowest BCUT2D eigenvalue weighted by Crippen LogP contribution is -2.63. The van der Waals surface area contributed by atoms with Gasteiger partial charge in [0.15, 0.2) is 0 Å². The number of hydrogen-bond donors (Lipinski definition) is 4. The minimum absolute atomic E-state index is 0.219. The smallest absolute Gasteiger partial charge is 0.370 e. The van der Waals surface area contributed by atoms with Crippen molar-refractivity contribution in [1.29, 1.82) is 0 Å². The molecular weight excluding hydrogens is 333 g/mol. The first-order chi connectivity index (χ1) is 11.9. The van der Waals surface area contributed by atoms with Crippen molar-refractivity contribution in [2.75, 3.05) is 12.3 Å². The van der Waals surface area contributed by atoms with E-state index in [0.29, 0.717) is 30.4 Å². The van der Waals surface area contributed by atoms with E-state index in [9.17, 15) is 18.8 Å². The number of hydrogen-bond acceptors (Lipinski definition) is 5. The Kier molecular flexibility index (Phi) is 8.54. The lowest BCUT2D eigenvalue weighted by atomic mass is 10.1. The molecule has 1 rings (SSSR count). The Hall–Kier alpha value is -2.49. The predicted octanol–water partition coefficient (Wildman–Crippen LogP) is 0.281. The number of halogens is 1. The standard InChI is InChI=1S/C15H24FN5O4/c1-2-9-20-13(17)11(16)10-21(15(20)24)14(23)18-8-6-4-3-5-7-12(22)19-25/h10,17H,2-9H2,1H3,(H3,18,19,22,23,25)/p+1. The fourth-order valence-electron chi connectivity index (χ4n) is 2.28. The molecular formula is C15H25FN5O4+. The molecule has 0 unspecified atom stereocenters. The minimum atomic E-state index is -0.828. The summed E-state index contributed by atoms with van der Waals surface area (Å²) in [5, 5.41) is 10.9. The highest BCUT2D eigenvalue weighted by molar-refractivity contribution is 5.74. The van der Waals surface area contributed by atoms with E-state index >= 15 is 0 Å². The van der Waals surface area contributed by atoms with Crippen molar-refractivity contribution in [3.05, 3.63) is 22.5 Å². The summed E-state index contributed by atoms with van der Waals surface area (Å²) in [6.45, 7) is 2.35. The molecule has 0 aliphatic heterocycles. The number of anilines is 1. The molecule has 0 saturated heterocycles. The van der Waals surface area contributed by atoms with Crippen LogP contribution in [-0.2, 0) is 11.3 Å². The normalized spacial score (nSPS) is 10.5. The zero-order valence-electron chi connectivity index (χ0n) is 14.3. The van der Waals surface area contributed by atoms with Crippen LogP contribution in [0.5, 0.6) is 0 Å². The SMILES string of the molecule is CCCn1c(N)c(F)c[n+](C(=O)NCCCCCCC(=O)NO)c1=O. The van der Waals surface area contributed by atoms with Gasteiger partial charge in [0.1, 0.15) is 6.20 Å². The molecule has 10 heteroatoms. The van der Waals surface area contributed by atoms with Crippen LogP contribution in [0.1, 0.15) is 45.4 Å². The third kappa shape index (κ3) is 6.14. The first kappa shape index (κ1) is 20.6. The van der Waals surface area contributed by atoms with Gasteiger partial charge in [0.25, 0.3) is 0 Å². The highest BCUT2D eigenvalue weighted by Gasteiger charge is 2.22. The fourth-order valence-corrected chi connectivity index (χ4v) is 2.28. The van der Waals surface area contributed by atoms with Gasteiger partial charge < -0.3 is 5.73 Å². The first-order valence-corrected chi connectivity index (χ1v) is 8.24. The van der Waals surface area contributed by atoms with Crippen LogP contribution in [0.3, 0.4) is 0 Å². The second kappa shape index (κ2) is 10.4. The lowest BCUT2D eigenvalue weighted by Gasteiger charge is -2.07. The Morgan fingerprint density at radius 1 is 1.32 bits per heavy atom. The second-order valence-corrected chi connectivity index (χ2v) is 5.60. The van der Waals surface area contributed by atoms with E-state index in [2.05, 4.69) is 5.32 Å². The molecule has 0 aliphatic carbocycles. The third-order valence-corrected chi connectivity index (χ3v) is 3.61. The first-order valence-electron chi connectivity index (χ1n) is 8.24. The van der Waals surface area contributed by atoms with E-state index < -0.39 is 23.4 Å². The second-order valence-electron chi connectivity index (χ2n) is 5.60. The van der Waals surface area contributed by atoms with Crippen LogP contribution in [0.2, 0.25) is 0 Å². The van der Waals surface area contributed by atoms with Gasteiger partial charge in [-0.05, 0) is 19.3 Å². The van der Waals surface area contributed by atoms with Gasteiger partial charge in [-0.15, -0.1) is 4.57 Å². The average molecular weight is 358 g/mol. The van der Waals surface area contributed by atoms with Crippen molar-refractivity contribution in [3.8, 4) is 0 Å². The monoisotopic (exact) mass is 358 g/mol. The van der Waals surface area contributed by atoms with E-state index in [1.165, 1.54) is 0 Å². The van der Waals surface area contributed by atoms with E-state index in [4.69, 9.17) is 10.9 Å². The Balaban J connectivity index is 2.50. The molecule has 1 heterocycles. The van der Waals surface area contributed by atoms with Gasteiger partial charge >= 0.3 is 11.7 Å². The maximum atomic E-state index is 13.8. The largest absolute Gasteiger partial charge is 0.452 e. The van der Waals surface area contributed by atoms with Crippen LogP contribution in [-0.4, -0.2) is 28.3 Å². The maximum Gasteiger partial charge on any atom is 0.452 e. The molecule has 0 saturated carbocycles. The molecule has 9 nitrogen and oxygen atoms in total. The summed E-state index contributed by atoms with van der Waals surface area (Å²) in [4.78, 5) is 35.1. The summed E-state index contributed by atoms with van der Waals surface area (Å²) < 4.78 is 15.5. The zero-order valence-corrected chi connectivity index (χ0v) is 14.3. The van der Waals surface area contributed by atoms with Crippen LogP contribution in [0.25, 0.3) is 0 Å². The van der Waals surface area contributed by atoms with E-state index in [-0.39, 0.29) is 18.8 Å². The van der Waals surface area contributed by atoms with E-state index in [1.54, 1.807) is 5.48 Å². The lowest BCUT2D eigenvalue weighted by molar-refractivity contribution is -0.595. The Bertz CT molecular complexity index is 662. The summed E-state index contributed by atoms with van der Waals surface area (Å²) in [5.41, 5.74) is 6.41. The third-order valence-electron chi connectivity index (χ3n) is 3.61. The molecule has 1 aromatic heterocycles. The van der Waals surface area contributed by atoms with Crippen molar-refractivity contribution in [3.63, 3.8) is 0 Å². The number of aromatic nitrogens is 2. The number of nitrogens with two attached hydrogens (primary N) is 1. The highest BCUT2D eigenvalue weighted by Crippen LogP contribution is 2.04. The Morgan fingerprint density at radius 3 is 2.64 bits per heavy atom. The number of nitrogen functional groups attached to an aromatic ring is 1. The number of carbonyl (C=O) groups excluding carboxylic acids is 2. The van der Waals surface area contributed by atoms with E-state index in [0.717, 1.165) is 23.6 Å². The predicted molar refractivity (Wildman–Crippen MR) is 87.4 cm³/mol. The maximum absolute atomic E-state index is 13.8. The number of unbranched alkanes of at least 4 members (excludes halogenated alkanes) is 3. The quantitative estimate of drug-likeness (QED) is 0.218. The molecule has 0 bridgehead atoms. The summed E-state index contributed by atoms with van der Waals surface area (Å²) in [5.74, 6) is -1.55. The summed E-state index contributed by atoms with van der Waals surface area (Å²) in [7, 11) is 0. The molecule has 0 aliphatic rings. The molecule has 0 aromatic carbocycles. The van der Waals surface area contributed by atoms with Crippen molar-refractivity contribution < 1.29 is 23.8 Å². The number of rotatable bonds is 9. The van der Waals surface area contributed by atoms with Crippen LogP contribution >= 0.6 is 0 Å². The van der Waals surface area contributed by atoms with Crippen LogP contribution < -0.4 is 26.8 Å². The van der Waals surface area contributed by atoms with Gasteiger partial charge in [0.05, 0.1) is 13.1 Å². The molecule has 5 N–H and O–H groups in total. The summed E-state index contributed by atoms with van der Waals surface area (Å²) in [6.07, 6.45) is 4.39. The number of nitrogens with zero attached hydrogens (tertiary/aromatic N) is 2.